The van der Waals surface area contributed by atoms with Crippen LogP contribution in [0.25, 0.3) is 5.65 Å². The molecule has 0 spiro atoms. The highest BCUT2D eigenvalue weighted by molar-refractivity contribution is 6.04. The van der Waals surface area contributed by atoms with Crippen LogP contribution in [0.5, 0.6) is 17.4 Å². The number of carbonyl (C=O) groups is 2. The Kier molecular flexibility index (Phi) is 6.63. The molecule has 10 nitrogen and oxygen atoms in total. The molecule has 4 aromatic rings. The number of rotatable bonds is 10. The lowest BCUT2D eigenvalue weighted by molar-refractivity contribution is -0.117. The molecule has 2 aliphatic rings. The molecule has 4 N–H and O–H groups in total. The zero-order valence-corrected chi connectivity index (χ0v) is 22.5. The maximum absolute atomic E-state index is 13.1. The Morgan fingerprint density at radius 3 is 2.62 bits per heavy atom. The number of nitrogens with zero attached hydrogens (tertiary/aromatic N) is 3. The third-order valence-corrected chi connectivity index (χ3v) is 7.32. The summed E-state index contributed by atoms with van der Waals surface area (Å²) in [6.45, 7) is 2.02. The van der Waals surface area contributed by atoms with E-state index >= 15 is 0 Å². The molecule has 2 amide bonds. The molecule has 1 unspecified atom stereocenters. The molecule has 0 aliphatic heterocycles. The molecular weight excluding hydrogens is 508 g/mol. The van der Waals surface area contributed by atoms with E-state index in [0.717, 1.165) is 24.8 Å². The monoisotopic (exact) mass is 540 g/mol. The quantitative estimate of drug-likeness (QED) is 0.255. The molecule has 2 fully saturated rings. The van der Waals surface area contributed by atoms with Crippen LogP contribution in [0.3, 0.4) is 0 Å². The van der Waals surface area contributed by atoms with Crippen LogP contribution in [0, 0.1) is 11.8 Å². The zero-order valence-electron chi connectivity index (χ0n) is 22.5. The van der Waals surface area contributed by atoms with Crippen molar-refractivity contribution < 1.29 is 19.1 Å². The van der Waals surface area contributed by atoms with Gasteiger partial charge in [0.1, 0.15) is 0 Å². The van der Waals surface area contributed by atoms with E-state index in [9.17, 15) is 9.59 Å². The van der Waals surface area contributed by atoms with E-state index in [0.29, 0.717) is 40.1 Å². The first kappa shape index (κ1) is 25.8. The van der Waals surface area contributed by atoms with Crippen molar-refractivity contribution in [2.75, 3.05) is 17.7 Å². The van der Waals surface area contributed by atoms with Crippen molar-refractivity contribution in [3.8, 4) is 17.4 Å². The first-order valence-electron chi connectivity index (χ1n) is 13.5. The second-order valence-corrected chi connectivity index (χ2v) is 10.9. The van der Waals surface area contributed by atoms with Gasteiger partial charge in [-0.2, -0.15) is 0 Å². The molecule has 1 atom stereocenters. The molecule has 2 aromatic carbocycles. The summed E-state index contributed by atoms with van der Waals surface area (Å²) in [5.74, 6) is 2.06. The topological polar surface area (TPSA) is 133 Å². The molecule has 2 heterocycles. The number of ether oxygens (including phenoxy) is 2. The van der Waals surface area contributed by atoms with Crippen LogP contribution in [-0.4, -0.2) is 33.5 Å². The second-order valence-electron chi connectivity index (χ2n) is 10.9. The lowest BCUT2D eigenvalue weighted by Gasteiger charge is -2.25. The fourth-order valence-corrected chi connectivity index (χ4v) is 4.76. The largest absolute Gasteiger partial charge is 0.493 e. The van der Waals surface area contributed by atoms with E-state index in [4.69, 9.17) is 15.2 Å². The predicted molar refractivity (Wildman–Crippen MR) is 151 cm³/mol. The maximum Gasteiger partial charge on any atom is 0.255 e. The van der Waals surface area contributed by atoms with E-state index in [1.807, 2.05) is 25.1 Å². The van der Waals surface area contributed by atoms with E-state index < -0.39 is 5.54 Å². The molecule has 206 valence electrons. The Labute approximate surface area is 231 Å². The molecule has 2 aliphatic carbocycles. The van der Waals surface area contributed by atoms with Gasteiger partial charge >= 0.3 is 0 Å². The van der Waals surface area contributed by atoms with Gasteiger partial charge in [-0.3, -0.25) is 9.59 Å². The summed E-state index contributed by atoms with van der Waals surface area (Å²) in [5, 5.41) is 10.2. The number of anilines is 2. The van der Waals surface area contributed by atoms with Crippen LogP contribution >= 0.6 is 0 Å². The number of benzene rings is 2. The minimum absolute atomic E-state index is 0.0227. The summed E-state index contributed by atoms with van der Waals surface area (Å²) < 4.78 is 13.1. The fraction of sp³-hybridized carbons (Fsp3) is 0.333. The number of fused-ring (bicyclic) bond motifs is 1. The lowest BCUT2D eigenvalue weighted by Crippen LogP contribution is -2.33. The van der Waals surface area contributed by atoms with E-state index in [1.165, 1.54) is 17.4 Å². The van der Waals surface area contributed by atoms with Gasteiger partial charge in [0.05, 0.1) is 13.3 Å². The number of nitrogens with two attached hydrogens (primary N) is 1. The Balaban J connectivity index is 1.18. The fourth-order valence-electron chi connectivity index (χ4n) is 4.76. The van der Waals surface area contributed by atoms with Crippen molar-refractivity contribution >= 4 is 29.0 Å². The van der Waals surface area contributed by atoms with Crippen molar-refractivity contribution in [2.24, 2.45) is 17.6 Å². The average Bonchev–Trinajstić information content (AvgIpc) is 3.87. The number of hydrogen-bond donors (Lipinski definition) is 3. The van der Waals surface area contributed by atoms with E-state index in [-0.39, 0.29) is 23.6 Å². The molecule has 0 bridgehead atoms. The minimum atomic E-state index is -0.481. The molecule has 40 heavy (non-hydrogen) atoms. The van der Waals surface area contributed by atoms with Crippen molar-refractivity contribution in [1.82, 2.24) is 14.6 Å². The molecule has 6 rings (SSSR count). The number of aromatic nitrogens is 3. The first-order valence-corrected chi connectivity index (χ1v) is 13.5. The minimum Gasteiger partial charge on any atom is -0.493 e. The number of imidazole rings is 1. The predicted octanol–water partition coefficient (Wildman–Crippen LogP) is 5.11. The summed E-state index contributed by atoms with van der Waals surface area (Å²) in [6, 6.07) is 16.1. The van der Waals surface area contributed by atoms with Gasteiger partial charge in [-0.1, -0.05) is 25.0 Å². The number of amides is 2. The van der Waals surface area contributed by atoms with Gasteiger partial charge in [0.15, 0.2) is 23.0 Å². The lowest BCUT2D eigenvalue weighted by atomic mass is 9.87. The van der Waals surface area contributed by atoms with Gasteiger partial charge in [-0.15, -0.1) is 5.10 Å². The first-order chi connectivity index (χ1) is 19.3. The summed E-state index contributed by atoms with van der Waals surface area (Å²) in [4.78, 5) is 29.6. The van der Waals surface area contributed by atoms with Crippen molar-refractivity contribution in [3.63, 3.8) is 0 Å². The standard InChI is InChI=1S/C30H32N6O4/c1-30(31,16-18-6-7-18)21-5-3-4-20(14-21)29(38)32-22-10-11-23(39-2)24(15-22)40-27-13-12-26-33-25(17-36(26)35-27)34-28(37)19-8-9-19/h3-5,10-15,17-19H,6-9,16,31H2,1-2H3,(H,32,38)(H,34,37). The Hall–Kier alpha value is -4.44. The van der Waals surface area contributed by atoms with Crippen LogP contribution in [-0.2, 0) is 10.3 Å². The second kappa shape index (κ2) is 10.3. The average molecular weight is 541 g/mol. The summed E-state index contributed by atoms with van der Waals surface area (Å²) in [7, 11) is 1.54. The van der Waals surface area contributed by atoms with Gasteiger partial charge < -0.3 is 25.8 Å². The highest BCUT2D eigenvalue weighted by atomic mass is 16.5. The zero-order chi connectivity index (χ0) is 27.9. The van der Waals surface area contributed by atoms with Crippen LogP contribution in [0.1, 0.15) is 54.9 Å². The molecule has 0 saturated heterocycles. The third kappa shape index (κ3) is 5.76. The summed E-state index contributed by atoms with van der Waals surface area (Å²) >= 11 is 0. The highest BCUT2D eigenvalue weighted by Crippen LogP contribution is 2.39. The maximum atomic E-state index is 13.1. The van der Waals surface area contributed by atoms with Gasteiger partial charge in [-0.25, -0.2) is 9.50 Å². The van der Waals surface area contributed by atoms with Crippen molar-refractivity contribution in [1.29, 1.82) is 0 Å². The Morgan fingerprint density at radius 1 is 1.05 bits per heavy atom. The van der Waals surface area contributed by atoms with Crippen LogP contribution in [0.2, 0.25) is 0 Å². The van der Waals surface area contributed by atoms with Gasteiger partial charge in [0.25, 0.3) is 5.91 Å². The van der Waals surface area contributed by atoms with Crippen molar-refractivity contribution in [2.45, 2.75) is 44.6 Å². The molecule has 2 aromatic heterocycles. The molecule has 10 heteroatoms. The van der Waals surface area contributed by atoms with Crippen LogP contribution in [0.4, 0.5) is 11.5 Å². The summed E-state index contributed by atoms with van der Waals surface area (Å²) in [5.41, 5.74) is 8.70. The van der Waals surface area contributed by atoms with Gasteiger partial charge in [-0.05, 0) is 68.0 Å². The molecular formula is C30H32N6O4. The van der Waals surface area contributed by atoms with E-state index in [2.05, 4.69) is 20.7 Å². The van der Waals surface area contributed by atoms with Crippen molar-refractivity contribution in [3.05, 3.63) is 71.9 Å². The number of methoxy groups -OCH3 is 1. The summed E-state index contributed by atoms with van der Waals surface area (Å²) in [6.07, 6.45) is 6.82. The number of hydrogen-bond acceptors (Lipinski definition) is 7. The van der Waals surface area contributed by atoms with Gasteiger partial charge in [0.2, 0.25) is 11.8 Å². The number of nitrogens with one attached hydrogen (secondary N) is 2. The Bertz CT molecular complexity index is 1590. The molecule has 2 saturated carbocycles. The normalized spacial score (nSPS) is 16.3. The highest BCUT2D eigenvalue weighted by Gasteiger charge is 2.32. The number of carbonyl (C=O) groups excluding carboxylic acids is 2. The smallest absolute Gasteiger partial charge is 0.255 e. The third-order valence-electron chi connectivity index (χ3n) is 7.32. The van der Waals surface area contributed by atoms with Gasteiger partial charge in [0, 0.05) is 34.8 Å². The van der Waals surface area contributed by atoms with E-state index in [1.54, 1.807) is 49.7 Å². The van der Waals surface area contributed by atoms with Crippen LogP contribution < -0.4 is 25.8 Å². The van der Waals surface area contributed by atoms with Crippen LogP contribution in [0.15, 0.2) is 60.8 Å². The molecule has 0 radical (unpaired) electrons. The Morgan fingerprint density at radius 2 is 1.88 bits per heavy atom. The SMILES string of the molecule is COc1ccc(NC(=O)c2cccc(C(C)(N)CC3CC3)c2)cc1Oc1ccc2nc(NC(=O)C3CC3)cn2n1.